The fourth-order valence-corrected chi connectivity index (χ4v) is 2.15. The number of rotatable bonds is 4. The van der Waals surface area contributed by atoms with Gasteiger partial charge >= 0.3 is 0 Å². The van der Waals surface area contributed by atoms with Crippen LogP contribution in [0.25, 0.3) is 10.9 Å². The molecule has 0 unspecified atom stereocenters. The van der Waals surface area contributed by atoms with E-state index in [0.29, 0.717) is 6.54 Å². The quantitative estimate of drug-likeness (QED) is 0.827. The molecule has 0 saturated heterocycles. The Morgan fingerprint density at radius 3 is 2.68 bits per heavy atom. The molecule has 0 fully saturated rings. The molecule has 3 heteroatoms. The largest absolute Gasteiger partial charge is 0.360 e. The molecule has 19 heavy (non-hydrogen) atoms. The van der Waals surface area contributed by atoms with Gasteiger partial charge in [0.1, 0.15) is 0 Å². The molecule has 2 aromatic rings. The number of H-pyrrole nitrogens is 1. The number of carbonyl (C=O) groups excluding carboxylic acids is 1. The second kappa shape index (κ2) is 5.17. The van der Waals surface area contributed by atoms with Gasteiger partial charge in [-0.1, -0.05) is 33.8 Å². The normalized spacial score (nSPS) is 12.0. The van der Waals surface area contributed by atoms with Crippen molar-refractivity contribution in [3.63, 3.8) is 0 Å². The van der Waals surface area contributed by atoms with Crippen LogP contribution in [0, 0.1) is 0 Å². The molecular weight excluding hydrogens is 236 g/mol. The van der Waals surface area contributed by atoms with Crippen molar-refractivity contribution in [3.8, 4) is 0 Å². The number of carbonyl (C=O) groups is 1. The lowest BCUT2D eigenvalue weighted by molar-refractivity contribution is 0.0993. The van der Waals surface area contributed by atoms with Crippen molar-refractivity contribution in [2.24, 2.45) is 0 Å². The van der Waals surface area contributed by atoms with Gasteiger partial charge in [-0.05, 0) is 29.7 Å². The fourth-order valence-electron chi connectivity index (χ4n) is 2.15. The summed E-state index contributed by atoms with van der Waals surface area (Å²) in [6, 6.07) is 6.31. The smallest absolute Gasteiger partial charge is 0.178 e. The van der Waals surface area contributed by atoms with E-state index in [0.717, 1.165) is 23.0 Å². The number of fused-ring (bicyclic) bond motifs is 1. The fraction of sp³-hybridized carbons (Fsp3) is 0.438. The minimum atomic E-state index is 0.0907. The Hall–Kier alpha value is -1.61. The molecular formula is C16H22N2O. The average Bonchev–Trinajstić information content (AvgIpc) is 2.77. The number of hydrogen-bond acceptors (Lipinski definition) is 2. The molecule has 0 aliphatic rings. The molecule has 0 radical (unpaired) electrons. The molecule has 0 spiro atoms. The molecule has 1 aromatic heterocycles. The number of aromatic nitrogens is 1. The Kier molecular flexibility index (Phi) is 3.76. The second-order valence-electron chi connectivity index (χ2n) is 5.92. The lowest BCUT2D eigenvalue weighted by atomic mass is 9.86. The molecule has 2 rings (SSSR count). The maximum atomic E-state index is 12.2. The van der Waals surface area contributed by atoms with Gasteiger partial charge in [-0.2, -0.15) is 0 Å². The van der Waals surface area contributed by atoms with E-state index in [1.165, 1.54) is 5.56 Å². The van der Waals surface area contributed by atoms with E-state index in [4.69, 9.17) is 0 Å². The highest BCUT2D eigenvalue weighted by Crippen LogP contribution is 2.27. The van der Waals surface area contributed by atoms with E-state index in [1.54, 1.807) is 0 Å². The molecule has 1 aromatic carbocycles. The average molecular weight is 258 g/mol. The van der Waals surface area contributed by atoms with Gasteiger partial charge in [0.15, 0.2) is 5.78 Å². The molecule has 0 aliphatic heterocycles. The number of hydrogen-bond donors (Lipinski definition) is 2. The van der Waals surface area contributed by atoms with Crippen molar-refractivity contribution in [3.05, 3.63) is 35.5 Å². The first-order chi connectivity index (χ1) is 8.93. The molecule has 0 saturated carbocycles. The third-order valence-corrected chi connectivity index (χ3v) is 3.38. The number of likely N-dealkylation sites (N-methyl/N-ethyl adjacent to an activating group) is 1. The zero-order chi connectivity index (χ0) is 14.0. The summed E-state index contributed by atoms with van der Waals surface area (Å²) in [5.41, 5.74) is 3.14. The molecule has 102 valence electrons. The Bertz CT molecular complexity index is 590. The maximum absolute atomic E-state index is 12.2. The first-order valence-corrected chi connectivity index (χ1v) is 6.79. The topological polar surface area (TPSA) is 44.9 Å². The van der Waals surface area contributed by atoms with Crippen LogP contribution in [0.1, 0.15) is 43.6 Å². The van der Waals surface area contributed by atoms with E-state index in [-0.39, 0.29) is 11.2 Å². The van der Waals surface area contributed by atoms with Crippen LogP contribution < -0.4 is 5.32 Å². The van der Waals surface area contributed by atoms with Crippen LogP contribution in [0.3, 0.4) is 0 Å². The van der Waals surface area contributed by atoms with Gasteiger partial charge in [-0.15, -0.1) is 0 Å². The van der Waals surface area contributed by atoms with Crippen molar-refractivity contribution in [2.75, 3.05) is 13.1 Å². The van der Waals surface area contributed by atoms with Crippen LogP contribution in [0.15, 0.2) is 24.4 Å². The SMILES string of the molecule is CCNCC(=O)c1c[nH]c2ccc(C(C)(C)C)cc12. The Morgan fingerprint density at radius 1 is 1.32 bits per heavy atom. The Morgan fingerprint density at radius 2 is 2.05 bits per heavy atom. The predicted octanol–water partition coefficient (Wildman–Crippen LogP) is 3.26. The van der Waals surface area contributed by atoms with E-state index in [1.807, 2.05) is 13.1 Å². The van der Waals surface area contributed by atoms with Gasteiger partial charge in [-0.25, -0.2) is 0 Å². The number of ketones is 1. The van der Waals surface area contributed by atoms with Crippen molar-refractivity contribution < 1.29 is 4.79 Å². The lowest BCUT2D eigenvalue weighted by Crippen LogP contribution is -2.22. The monoisotopic (exact) mass is 258 g/mol. The molecule has 2 N–H and O–H groups in total. The van der Waals surface area contributed by atoms with Gasteiger partial charge in [0.05, 0.1) is 6.54 Å². The zero-order valence-corrected chi connectivity index (χ0v) is 12.1. The Labute approximate surface area is 114 Å². The van der Waals surface area contributed by atoms with Crippen LogP contribution in [0.5, 0.6) is 0 Å². The summed E-state index contributed by atoms with van der Waals surface area (Å²) in [5, 5.41) is 4.11. The number of Topliss-reactive ketones (excluding diaryl/α,β-unsaturated/α-hetero) is 1. The summed E-state index contributed by atoms with van der Waals surface area (Å²) >= 11 is 0. The lowest BCUT2D eigenvalue weighted by Gasteiger charge is -2.19. The van der Waals surface area contributed by atoms with Crippen LogP contribution in [0.4, 0.5) is 0 Å². The van der Waals surface area contributed by atoms with E-state index in [9.17, 15) is 4.79 Å². The highest BCUT2D eigenvalue weighted by Gasteiger charge is 2.17. The van der Waals surface area contributed by atoms with E-state index < -0.39 is 0 Å². The standard InChI is InChI=1S/C16H22N2O/c1-5-17-10-15(19)13-9-18-14-7-6-11(8-12(13)14)16(2,3)4/h6-9,17-18H,5,10H2,1-4H3. The molecule has 1 heterocycles. The molecule has 0 bridgehead atoms. The van der Waals surface area contributed by atoms with Crippen molar-refractivity contribution >= 4 is 16.7 Å². The van der Waals surface area contributed by atoms with E-state index in [2.05, 4.69) is 49.3 Å². The number of aromatic amines is 1. The van der Waals surface area contributed by atoms with Crippen molar-refractivity contribution in [2.45, 2.75) is 33.1 Å². The predicted molar refractivity (Wildman–Crippen MR) is 79.9 cm³/mol. The summed E-state index contributed by atoms with van der Waals surface area (Å²) in [4.78, 5) is 15.3. The summed E-state index contributed by atoms with van der Waals surface area (Å²) in [6.45, 7) is 9.74. The molecule has 3 nitrogen and oxygen atoms in total. The summed E-state index contributed by atoms with van der Waals surface area (Å²) in [7, 11) is 0. The minimum Gasteiger partial charge on any atom is -0.360 e. The zero-order valence-electron chi connectivity index (χ0n) is 12.1. The van der Waals surface area contributed by atoms with Crippen LogP contribution in [-0.4, -0.2) is 23.9 Å². The maximum Gasteiger partial charge on any atom is 0.178 e. The summed E-state index contributed by atoms with van der Waals surface area (Å²) in [5.74, 6) is 0.138. The first kappa shape index (κ1) is 13.8. The second-order valence-corrected chi connectivity index (χ2v) is 5.92. The van der Waals surface area contributed by atoms with Gasteiger partial charge < -0.3 is 10.3 Å². The third kappa shape index (κ3) is 2.87. The summed E-state index contributed by atoms with van der Waals surface area (Å²) in [6.07, 6.45) is 1.82. The highest BCUT2D eigenvalue weighted by molar-refractivity contribution is 6.08. The van der Waals surface area contributed by atoms with E-state index >= 15 is 0 Å². The minimum absolute atomic E-state index is 0.0907. The van der Waals surface area contributed by atoms with Gasteiger partial charge in [0, 0.05) is 22.7 Å². The van der Waals surface area contributed by atoms with Crippen molar-refractivity contribution in [1.29, 1.82) is 0 Å². The van der Waals surface area contributed by atoms with Gasteiger partial charge in [0.2, 0.25) is 0 Å². The first-order valence-electron chi connectivity index (χ1n) is 6.79. The number of nitrogens with one attached hydrogen (secondary N) is 2. The van der Waals surface area contributed by atoms with Gasteiger partial charge in [-0.3, -0.25) is 4.79 Å². The molecule has 0 aliphatic carbocycles. The third-order valence-electron chi connectivity index (χ3n) is 3.38. The van der Waals surface area contributed by atoms with Gasteiger partial charge in [0.25, 0.3) is 0 Å². The summed E-state index contributed by atoms with van der Waals surface area (Å²) < 4.78 is 0. The van der Waals surface area contributed by atoms with Crippen LogP contribution in [0.2, 0.25) is 0 Å². The highest BCUT2D eigenvalue weighted by atomic mass is 16.1. The number of benzene rings is 1. The molecule has 0 atom stereocenters. The molecule has 0 amide bonds. The van der Waals surface area contributed by atoms with Crippen LogP contribution >= 0.6 is 0 Å². The van der Waals surface area contributed by atoms with Crippen LogP contribution in [-0.2, 0) is 5.41 Å². The van der Waals surface area contributed by atoms with Crippen molar-refractivity contribution in [1.82, 2.24) is 10.3 Å². The Balaban J connectivity index is 2.43.